The highest BCUT2D eigenvalue weighted by atomic mass is 32.1. The number of hydrogen-bond acceptors (Lipinski definition) is 3. The van der Waals surface area contributed by atoms with Crippen LogP contribution in [0.5, 0.6) is 5.75 Å². The summed E-state index contributed by atoms with van der Waals surface area (Å²) in [6, 6.07) is 14.2. The van der Waals surface area contributed by atoms with E-state index in [9.17, 15) is 9.50 Å². The number of ether oxygens (including phenoxy) is 1. The summed E-state index contributed by atoms with van der Waals surface area (Å²) in [6.07, 6.45) is 0.0560. The van der Waals surface area contributed by atoms with E-state index in [0.717, 1.165) is 21.4 Å². The summed E-state index contributed by atoms with van der Waals surface area (Å²) in [5.74, 6) is 0.462. The second-order valence-corrected chi connectivity index (χ2v) is 5.71. The molecule has 0 saturated carbocycles. The van der Waals surface area contributed by atoms with Gasteiger partial charge in [-0.05, 0) is 41.3 Å². The highest BCUT2D eigenvalue weighted by Gasteiger charge is 2.15. The highest BCUT2D eigenvalue weighted by molar-refractivity contribution is 7.17. The van der Waals surface area contributed by atoms with Crippen molar-refractivity contribution in [3.8, 4) is 5.75 Å². The SMILES string of the molecule is OCCC(Oc1cccc2sccc12)c1cccc(F)c1. The van der Waals surface area contributed by atoms with Gasteiger partial charge < -0.3 is 9.84 Å². The first-order valence-corrected chi connectivity index (χ1v) is 7.65. The monoisotopic (exact) mass is 302 g/mol. The van der Waals surface area contributed by atoms with E-state index in [1.54, 1.807) is 17.4 Å². The van der Waals surface area contributed by atoms with Gasteiger partial charge in [-0.15, -0.1) is 11.3 Å². The Bertz CT molecular complexity index is 738. The Kier molecular flexibility index (Phi) is 4.18. The zero-order valence-electron chi connectivity index (χ0n) is 11.3. The van der Waals surface area contributed by atoms with Gasteiger partial charge in [0, 0.05) is 23.1 Å². The summed E-state index contributed by atoms with van der Waals surface area (Å²) in [4.78, 5) is 0. The topological polar surface area (TPSA) is 29.5 Å². The Balaban J connectivity index is 1.93. The molecule has 0 amide bonds. The Morgan fingerprint density at radius 3 is 2.81 bits per heavy atom. The third-order valence-corrected chi connectivity index (χ3v) is 4.22. The molecule has 0 radical (unpaired) electrons. The zero-order chi connectivity index (χ0) is 14.7. The number of halogens is 1. The molecule has 0 spiro atoms. The molecule has 0 aliphatic rings. The third-order valence-electron chi connectivity index (χ3n) is 3.34. The number of aliphatic hydroxyl groups is 1. The van der Waals surface area contributed by atoms with Crippen molar-refractivity contribution in [3.05, 3.63) is 65.3 Å². The maximum Gasteiger partial charge on any atom is 0.128 e. The average Bonchev–Trinajstić information content (AvgIpc) is 2.96. The van der Waals surface area contributed by atoms with Crippen molar-refractivity contribution < 1.29 is 14.2 Å². The molecule has 2 nitrogen and oxygen atoms in total. The summed E-state index contributed by atoms with van der Waals surface area (Å²) < 4.78 is 20.6. The van der Waals surface area contributed by atoms with Gasteiger partial charge in [-0.2, -0.15) is 0 Å². The van der Waals surface area contributed by atoms with Crippen LogP contribution in [0, 0.1) is 5.82 Å². The molecule has 1 atom stereocenters. The lowest BCUT2D eigenvalue weighted by atomic mass is 10.1. The maximum atomic E-state index is 13.4. The highest BCUT2D eigenvalue weighted by Crippen LogP contribution is 2.33. The van der Waals surface area contributed by atoms with E-state index in [2.05, 4.69) is 0 Å². The molecular formula is C17H15FO2S. The van der Waals surface area contributed by atoms with Gasteiger partial charge in [0.1, 0.15) is 17.7 Å². The molecule has 3 rings (SSSR count). The van der Waals surface area contributed by atoms with Crippen LogP contribution in [0.3, 0.4) is 0 Å². The Morgan fingerprint density at radius 1 is 1.14 bits per heavy atom. The summed E-state index contributed by atoms with van der Waals surface area (Å²) >= 11 is 1.65. The minimum absolute atomic E-state index is 0.0131. The minimum Gasteiger partial charge on any atom is -0.485 e. The van der Waals surface area contributed by atoms with Gasteiger partial charge in [0.25, 0.3) is 0 Å². The van der Waals surface area contributed by atoms with Gasteiger partial charge in [0.2, 0.25) is 0 Å². The van der Waals surface area contributed by atoms with Crippen LogP contribution >= 0.6 is 11.3 Å². The van der Waals surface area contributed by atoms with Gasteiger partial charge in [-0.25, -0.2) is 4.39 Å². The van der Waals surface area contributed by atoms with Gasteiger partial charge in [-0.1, -0.05) is 18.2 Å². The fourth-order valence-corrected chi connectivity index (χ4v) is 3.14. The molecule has 0 aliphatic heterocycles. The standard InChI is InChI=1S/C17H15FO2S/c18-13-4-1-3-12(11-13)15(7-9-19)20-16-5-2-6-17-14(16)8-10-21-17/h1-6,8,10-11,15,19H,7,9H2. The van der Waals surface area contributed by atoms with Crippen LogP contribution in [0.25, 0.3) is 10.1 Å². The van der Waals surface area contributed by atoms with Gasteiger partial charge >= 0.3 is 0 Å². The summed E-state index contributed by atoms with van der Waals surface area (Å²) in [7, 11) is 0. The van der Waals surface area contributed by atoms with Gasteiger partial charge in [0.15, 0.2) is 0 Å². The molecule has 2 aromatic carbocycles. The van der Waals surface area contributed by atoms with Crippen LogP contribution in [-0.4, -0.2) is 11.7 Å². The number of fused-ring (bicyclic) bond motifs is 1. The van der Waals surface area contributed by atoms with Gasteiger partial charge in [0.05, 0.1) is 0 Å². The largest absolute Gasteiger partial charge is 0.485 e. The summed E-state index contributed by atoms with van der Waals surface area (Å²) in [5.41, 5.74) is 0.733. The lowest BCUT2D eigenvalue weighted by Crippen LogP contribution is -2.10. The van der Waals surface area contributed by atoms with Crippen LogP contribution in [0.1, 0.15) is 18.1 Å². The van der Waals surface area contributed by atoms with E-state index in [1.165, 1.54) is 12.1 Å². The van der Waals surface area contributed by atoms with E-state index in [-0.39, 0.29) is 18.5 Å². The van der Waals surface area contributed by atoms with Crippen molar-refractivity contribution in [2.24, 2.45) is 0 Å². The van der Waals surface area contributed by atoms with Crippen LogP contribution < -0.4 is 4.74 Å². The molecule has 4 heteroatoms. The van der Waals surface area contributed by atoms with Crippen molar-refractivity contribution in [2.45, 2.75) is 12.5 Å². The number of rotatable bonds is 5. The quantitative estimate of drug-likeness (QED) is 0.749. The van der Waals surface area contributed by atoms with E-state index < -0.39 is 0 Å². The second-order valence-electron chi connectivity index (χ2n) is 4.76. The van der Waals surface area contributed by atoms with Crippen molar-refractivity contribution >= 4 is 21.4 Å². The van der Waals surface area contributed by atoms with Gasteiger partial charge in [-0.3, -0.25) is 0 Å². The smallest absolute Gasteiger partial charge is 0.128 e. The first-order valence-electron chi connectivity index (χ1n) is 6.77. The fraction of sp³-hybridized carbons (Fsp3) is 0.176. The summed E-state index contributed by atoms with van der Waals surface area (Å²) in [6.45, 7) is -0.0131. The first kappa shape index (κ1) is 14.0. The molecule has 108 valence electrons. The fourth-order valence-electron chi connectivity index (χ4n) is 2.34. The van der Waals surface area contributed by atoms with E-state index in [1.807, 2.05) is 35.7 Å². The van der Waals surface area contributed by atoms with E-state index in [0.29, 0.717) is 6.42 Å². The molecule has 0 bridgehead atoms. The lowest BCUT2D eigenvalue weighted by molar-refractivity contribution is 0.157. The third kappa shape index (κ3) is 3.06. The summed E-state index contributed by atoms with van der Waals surface area (Å²) in [5, 5.41) is 12.3. The molecule has 1 heterocycles. The van der Waals surface area contributed by atoms with E-state index in [4.69, 9.17) is 4.74 Å². The minimum atomic E-state index is -0.365. The number of aliphatic hydroxyl groups excluding tert-OH is 1. The molecule has 1 aromatic heterocycles. The predicted octanol–water partition coefficient (Wildman–Crippen LogP) is 4.54. The molecule has 3 aromatic rings. The maximum absolute atomic E-state index is 13.4. The van der Waals surface area contributed by atoms with Crippen LogP contribution in [-0.2, 0) is 0 Å². The lowest BCUT2D eigenvalue weighted by Gasteiger charge is -2.19. The Morgan fingerprint density at radius 2 is 2.00 bits per heavy atom. The molecular weight excluding hydrogens is 287 g/mol. The normalized spacial score (nSPS) is 12.5. The first-order chi connectivity index (χ1) is 10.3. The molecule has 0 aliphatic carbocycles. The van der Waals surface area contributed by atoms with Crippen molar-refractivity contribution in [1.29, 1.82) is 0 Å². The van der Waals surface area contributed by atoms with Crippen molar-refractivity contribution in [3.63, 3.8) is 0 Å². The van der Waals surface area contributed by atoms with Crippen LogP contribution in [0.15, 0.2) is 53.9 Å². The predicted molar refractivity (Wildman–Crippen MR) is 83.3 cm³/mol. The molecule has 21 heavy (non-hydrogen) atoms. The molecule has 1 unspecified atom stereocenters. The molecule has 0 saturated heterocycles. The van der Waals surface area contributed by atoms with Crippen LogP contribution in [0.4, 0.5) is 4.39 Å². The zero-order valence-corrected chi connectivity index (χ0v) is 12.1. The Labute approximate surface area is 126 Å². The number of hydrogen-bond donors (Lipinski definition) is 1. The average molecular weight is 302 g/mol. The number of benzene rings is 2. The molecule has 0 fully saturated rings. The van der Waals surface area contributed by atoms with Crippen molar-refractivity contribution in [1.82, 2.24) is 0 Å². The number of thiophene rings is 1. The Hall–Kier alpha value is -1.91. The van der Waals surface area contributed by atoms with Crippen molar-refractivity contribution in [2.75, 3.05) is 6.61 Å². The molecule has 1 N–H and O–H groups in total. The second kappa shape index (κ2) is 6.24. The van der Waals surface area contributed by atoms with E-state index >= 15 is 0 Å². The van der Waals surface area contributed by atoms with Crippen LogP contribution in [0.2, 0.25) is 0 Å².